The second-order valence-electron chi connectivity index (χ2n) is 4.04. The maximum absolute atomic E-state index is 11.5. The molecule has 1 aliphatic heterocycles. The lowest BCUT2D eigenvalue weighted by Gasteiger charge is -2.17. The predicted molar refractivity (Wildman–Crippen MR) is 52.9 cm³/mol. The molecule has 1 rings (SSSR count). The number of ether oxygens (including phenoxy) is 1. The average molecular weight is 201 g/mol. The number of hydrogen-bond acceptors (Lipinski definition) is 3. The number of aliphatic hydroxyl groups excluding tert-OH is 1. The van der Waals surface area contributed by atoms with Crippen molar-refractivity contribution in [1.82, 2.24) is 4.90 Å². The fraction of sp³-hybridized carbons (Fsp3) is 0.900. The molecule has 0 saturated carbocycles. The average Bonchev–Trinajstić information content (AvgIpc) is 2.62. The van der Waals surface area contributed by atoms with E-state index in [1.807, 2.05) is 13.8 Å². The Kier molecular flexibility index (Phi) is 4.35. The molecule has 1 aliphatic rings. The molecule has 82 valence electrons. The van der Waals surface area contributed by atoms with Gasteiger partial charge in [0.2, 0.25) is 5.91 Å². The maximum Gasteiger partial charge on any atom is 0.248 e. The van der Waals surface area contributed by atoms with Gasteiger partial charge in [-0.2, -0.15) is 0 Å². The minimum Gasteiger partial charge on any atom is -0.396 e. The molecule has 0 bridgehead atoms. The zero-order valence-electron chi connectivity index (χ0n) is 8.90. The van der Waals surface area contributed by atoms with Gasteiger partial charge in [0.15, 0.2) is 0 Å². The van der Waals surface area contributed by atoms with Gasteiger partial charge in [0.1, 0.15) is 6.61 Å². The third-order valence-electron chi connectivity index (χ3n) is 2.44. The molecule has 1 N–H and O–H groups in total. The Labute approximate surface area is 84.8 Å². The molecule has 4 nitrogen and oxygen atoms in total. The molecule has 0 spiro atoms. The third kappa shape index (κ3) is 3.27. The van der Waals surface area contributed by atoms with E-state index in [9.17, 15) is 4.79 Å². The number of aliphatic hydroxyl groups is 1. The van der Waals surface area contributed by atoms with Crippen LogP contribution in [0.2, 0.25) is 0 Å². The van der Waals surface area contributed by atoms with Crippen molar-refractivity contribution in [3.63, 3.8) is 0 Å². The van der Waals surface area contributed by atoms with Crippen molar-refractivity contribution in [3.05, 3.63) is 0 Å². The van der Waals surface area contributed by atoms with Gasteiger partial charge in [0, 0.05) is 25.6 Å². The van der Waals surface area contributed by atoms with Crippen molar-refractivity contribution in [1.29, 1.82) is 0 Å². The normalized spacial score (nSPS) is 22.0. The minimum atomic E-state index is 0.0367. The van der Waals surface area contributed by atoms with E-state index in [1.54, 1.807) is 4.90 Å². The van der Waals surface area contributed by atoms with Crippen molar-refractivity contribution >= 4 is 5.91 Å². The van der Waals surface area contributed by atoms with Gasteiger partial charge in [-0.05, 0) is 20.3 Å². The highest BCUT2D eigenvalue weighted by Crippen LogP contribution is 2.15. The van der Waals surface area contributed by atoms with E-state index in [4.69, 9.17) is 9.84 Å². The highest BCUT2D eigenvalue weighted by Gasteiger charge is 2.25. The number of amides is 1. The SMILES string of the molecule is CC(C)OCC(=O)N1CCC(CO)C1. The monoisotopic (exact) mass is 201 g/mol. The molecule has 1 heterocycles. The summed E-state index contributed by atoms with van der Waals surface area (Å²) in [5, 5.41) is 8.91. The van der Waals surface area contributed by atoms with E-state index in [0.29, 0.717) is 6.54 Å². The summed E-state index contributed by atoms with van der Waals surface area (Å²) in [6, 6.07) is 0. The van der Waals surface area contributed by atoms with Crippen LogP contribution < -0.4 is 0 Å². The highest BCUT2D eigenvalue weighted by molar-refractivity contribution is 5.77. The molecule has 14 heavy (non-hydrogen) atoms. The molecule has 0 radical (unpaired) electrons. The molecule has 1 atom stereocenters. The van der Waals surface area contributed by atoms with Crippen LogP contribution in [0.5, 0.6) is 0 Å². The van der Waals surface area contributed by atoms with Crippen LogP contribution >= 0.6 is 0 Å². The quantitative estimate of drug-likeness (QED) is 0.709. The van der Waals surface area contributed by atoms with E-state index in [1.165, 1.54) is 0 Å². The van der Waals surface area contributed by atoms with Crippen molar-refractivity contribution in [3.8, 4) is 0 Å². The largest absolute Gasteiger partial charge is 0.396 e. The first-order chi connectivity index (χ1) is 6.63. The van der Waals surface area contributed by atoms with Gasteiger partial charge in [0.25, 0.3) is 0 Å². The van der Waals surface area contributed by atoms with E-state index < -0.39 is 0 Å². The molecular weight excluding hydrogens is 182 g/mol. The van der Waals surface area contributed by atoms with E-state index in [2.05, 4.69) is 0 Å². The van der Waals surface area contributed by atoms with Crippen LogP contribution in [-0.4, -0.2) is 48.3 Å². The van der Waals surface area contributed by atoms with Crippen LogP contribution in [0.4, 0.5) is 0 Å². The number of carbonyl (C=O) groups is 1. The van der Waals surface area contributed by atoms with Crippen LogP contribution in [0.15, 0.2) is 0 Å². The summed E-state index contributed by atoms with van der Waals surface area (Å²) in [7, 11) is 0. The molecule has 0 aliphatic carbocycles. The molecule has 1 fully saturated rings. The molecular formula is C10H19NO3. The first kappa shape index (κ1) is 11.5. The fourth-order valence-corrected chi connectivity index (χ4v) is 1.54. The topological polar surface area (TPSA) is 49.8 Å². The lowest BCUT2D eigenvalue weighted by molar-refractivity contribution is -0.136. The highest BCUT2D eigenvalue weighted by atomic mass is 16.5. The summed E-state index contributed by atoms with van der Waals surface area (Å²) < 4.78 is 5.23. The van der Waals surface area contributed by atoms with Gasteiger partial charge in [-0.3, -0.25) is 4.79 Å². The van der Waals surface area contributed by atoms with Crippen LogP contribution in [-0.2, 0) is 9.53 Å². The van der Waals surface area contributed by atoms with Crippen LogP contribution in [0, 0.1) is 5.92 Å². The summed E-state index contributed by atoms with van der Waals surface area (Å²) in [4.78, 5) is 13.3. The van der Waals surface area contributed by atoms with Gasteiger partial charge in [0.05, 0.1) is 6.10 Å². The Morgan fingerprint density at radius 1 is 1.64 bits per heavy atom. The number of hydrogen-bond donors (Lipinski definition) is 1. The van der Waals surface area contributed by atoms with Gasteiger partial charge < -0.3 is 14.7 Å². The Morgan fingerprint density at radius 3 is 2.86 bits per heavy atom. The summed E-state index contributed by atoms with van der Waals surface area (Å²) in [5.74, 6) is 0.299. The van der Waals surface area contributed by atoms with E-state index >= 15 is 0 Å². The van der Waals surface area contributed by atoms with E-state index in [-0.39, 0.29) is 31.1 Å². The summed E-state index contributed by atoms with van der Waals surface area (Å²) >= 11 is 0. The third-order valence-corrected chi connectivity index (χ3v) is 2.44. The standard InChI is InChI=1S/C10H19NO3/c1-8(2)14-7-10(13)11-4-3-9(5-11)6-12/h8-9,12H,3-7H2,1-2H3. The van der Waals surface area contributed by atoms with Crippen LogP contribution in [0.1, 0.15) is 20.3 Å². The number of rotatable bonds is 4. The molecule has 0 aromatic rings. The number of likely N-dealkylation sites (tertiary alicyclic amines) is 1. The second-order valence-corrected chi connectivity index (χ2v) is 4.04. The number of nitrogens with zero attached hydrogens (tertiary/aromatic N) is 1. The molecule has 1 amide bonds. The Morgan fingerprint density at radius 2 is 2.36 bits per heavy atom. The van der Waals surface area contributed by atoms with E-state index in [0.717, 1.165) is 13.0 Å². The summed E-state index contributed by atoms with van der Waals surface area (Å²) in [6.07, 6.45) is 0.999. The van der Waals surface area contributed by atoms with Crippen LogP contribution in [0.3, 0.4) is 0 Å². The molecule has 0 aromatic heterocycles. The summed E-state index contributed by atoms with van der Waals surface area (Å²) in [5.41, 5.74) is 0. The maximum atomic E-state index is 11.5. The molecule has 0 aromatic carbocycles. The minimum absolute atomic E-state index is 0.0367. The molecule has 1 unspecified atom stereocenters. The molecule has 4 heteroatoms. The van der Waals surface area contributed by atoms with Gasteiger partial charge in [-0.15, -0.1) is 0 Å². The van der Waals surface area contributed by atoms with Gasteiger partial charge in [-0.25, -0.2) is 0 Å². The van der Waals surface area contributed by atoms with Gasteiger partial charge in [-0.1, -0.05) is 0 Å². The first-order valence-electron chi connectivity index (χ1n) is 5.13. The first-order valence-corrected chi connectivity index (χ1v) is 5.13. The van der Waals surface area contributed by atoms with Crippen LogP contribution in [0.25, 0.3) is 0 Å². The Balaban J connectivity index is 2.25. The smallest absolute Gasteiger partial charge is 0.248 e. The van der Waals surface area contributed by atoms with Crippen molar-refractivity contribution < 1.29 is 14.6 Å². The Bertz CT molecular complexity index is 194. The number of carbonyl (C=O) groups excluding carboxylic acids is 1. The lowest BCUT2D eigenvalue weighted by Crippen LogP contribution is -2.33. The second kappa shape index (κ2) is 5.32. The van der Waals surface area contributed by atoms with Gasteiger partial charge >= 0.3 is 0 Å². The zero-order chi connectivity index (χ0) is 10.6. The fourth-order valence-electron chi connectivity index (χ4n) is 1.54. The lowest BCUT2D eigenvalue weighted by atomic mass is 10.1. The zero-order valence-corrected chi connectivity index (χ0v) is 8.90. The van der Waals surface area contributed by atoms with Crippen molar-refractivity contribution in [2.75, 3.05) is 26.3 Å². The van der Waals surface area contributed by atoms with Crippen molar-refractivity contribution in [2.24, 2.45) is 5.92 Å². The van der Waals surface area contributed by atoms with Crippen molar-refractivity contribution in [2.45, 2.75) is 26.4 Å². The summed E-state index contributed by atoms with van der Waals surface area (Å²) in [6.45, 7) is 5.59. The molecule has 1 saturated heterocycles. The Hall–Kier alpha value is -0.610. The predicted octanol–water partition coefficient (Wildman–Crippen LogP) is 0.252.